The van der Waals surface area contributed by atoms with E-state index in [1.165, 1.54) is 4.90 Å². The molecule has 0 aliphatic heterocycles. The molecule has 8 heteroatoms. The van der Waals surface area contributed by atoms with Crippen LogP contribution in [0.4, 0.5) is 5.69 Å². The van der Waals surface area contributed by atoms with Crippen LogP contribution in [0.25, 0.3) is 0 Å². The minimum absolute atomic E-state index is 0. The molecule has 27 heavy (non-hydrogen) atoms. The van der Waals surface area contributed by atoms with Gasteiger partial charge in [0.05, 0.1) is 28.3 Å². The highest BCUT2D eigenvalue weighted by Crippen LogP contribution is 2.29. The zero-order valence-electron chi connectivity index (χ0n) is 14.8. The lowest BCUT2D eigenvalue weighted by Crippen LogP contribution is -2.47. The quantitative estimate of drug-likeness (QED) is 0.702. The Balaban J connectivity index is 0.00000364. The summed E-state index contributed by atoms with van der Waals surface area (Å²) >= 11 is 12.1. The number of para-hydroxylation sites is 1. The van der Waals surface area contributed by atoms with E-state index in [1.807, 2.05) is 30.3 Å². The van der Waals surface area contributed by atoms with Crippen molar-refractivity contribution < 1.29 is 9.59 Å². The molecule has 0 aromatic heterocycles. The van der Waals surface area contributed by atoms with Gasteiger partial charge in [0.15, 0.2) is 0 Å². The summed E-state index contributed by atoms with van der Waals surface area (Å²) in [6, 6.07) is 13.7. The lowest BCUT2D eigenvalue weighted by Gasteiger charge is -2.24. The van der Waals surface area contributed by atoms with Crippen LogP contribution < -0.4 is 11.1 Å². The minimum Gasteiger partial charge on any atom is -0.332 e. The molecule has 0 spiro atoms. The van der Waals surface area contributed by atoms with E-state index in [-0.39, 0.29) is 30.8 Å². The highest BCUT2D eigenvalue weighted by Gasteiger charge is 2.22. The van der Waals surface area contributed by atoms with Crippen molar-refractivity contribution in [2.24, 2.45) is 5.73 Å². The van der Waals surface area contributed by atoms with Gasteiger partial charge in [-0.3, -0.25) is 9.59 Å². The molecular formula is C19H22Cl3N3O2. The number of benzene rings is 2. The van der Waals surface area contributed by atoms with Crippen molar-refractivity contribution in [3.63, 3.8) is 0 Å². The summed E-state index contributed by atoms with van der Waals surface area (Å²) in [5.41, 5.74) is 7.34. The molecule has 0 bridgehead atoms. The fourth-order valence-corrected chi connectivity index (χ4v) is 3.00. The van der Waals surface area contributed by atoms with Gasteiger partial charge in [-0.05, 0) is 31.0 Å². The van der Waals surface area contributed by atoms with Crippen LogP contribution in [-0.2, 0) is 16.0 Å². The number of hydrogen-bond donors (Lipinski definition) is 2. The maximum Gasteiger partial charge on any atom is 0.244 e. The molecule has 0 saturated carbocycles. The molecule has 5 nitrogen and oxygen atoms in total. The van der Waals surface area contributed by atoms with Crippen LogP contribution in [0.15, 0.2) is 48.5 Å². The average molecular weight is 431 g/mol. The molecule has 3 N–H and O–H groups in total. The van der Waals surface area contributed by atoms with Gasteiger partial charge in [-0.15, -0.1) is 12.4 Å². The van der Waals surface area contributed by atoms with E-state index in [1.54, 1.807) is 25.1 Å². The fourth-order valence-electron chi connectivity index (χ4n) is 2.50. The highest BCUT2D eigenvalue weighted by molar-refractivity contribution is 6.39. The molecule has 0 radical (unpaired) electrons. The standard InChI is InChI=1S/C19H21Cl2N3O2.ClH/c1-2-24(19(26)16(22)11-13-7-4-3-5-8-13)12-17(25)23-18-14(20)9-6-10-15(18)21;/h3-10,16H,2,11-12,22H2,1H3,(H,23,25);1H/t16-;/m0./s1. The Bertz CT molecular complexity index is 752. The van der Waals surface area contributed by atoms with E-state index < -0.39 is 6.04 Å². The Morgan fingerprint density at radius 1 is 1.07 bits per heavy atom. The normalized spacial score (nSPS) is 11.3. The van der Waals surface area contributed by atoms with Gasteiger partial charge in [0.25, 0.3) is 0 Å². The monoisotopic (exact) mass is 429 g/mol. The third-order valence-corrected chi connectivity index (χ3v) is 4.50. The van der Waals surface area contributed by atoms with E-state index in [4.69, 9.17) is 28.9 Å². The SMILES string of the molecule is CCN(CC(=O)Nc1c(Cl)cccc1Cl)C(=O)[C@@H](N)Cc1ccccc1.Cl. The number of likely N-dealkylation sites (N-methyl/N-ethyl adjacent to an activating group) is 1. The van der Waals surface area contributed by atoms with Crippen LogP contribution in [0.5, 0.6) is 0 Å². The van der Waals surface area contributed by atoms with Gasteiger partial charge in [0.1, 0.15) is 0 Å². The Labute approximate surface area is 175 Å². The number of amides is 2. The smallest absolute Gasteiger partial charge is 0.244 e. The number of carbonyl (C=O) groups is 2. The first-order valence-electron chi connectivity index (χ1n) is 8.24. The molecule has 2 amide bonds. The lowest BCUT2D eigenvalue weighted by molar-refractivity contribution is -0.135. The van der Waals surface area contributed by atoms with Crippen molar-refractivity contribution in [3.05, 3.63) is 64.1 Å². The van der Waals surface area contributed by atoms with E-state index >= 15 is 0 Å². The predicted molar refractivity (Wildman–Crippen MR) is 113 cm³/mol. The van der Waals surface area contributed by atoms with Crippen LogP contribution in [-0.4, -0.2) is 35.8 Å². The van der Waals surface area contributed by atoms with Crippen LogP contribution >= 0.6 is 35.6 Å². The zero-order valence-corrected chi connectivity index (χ0v) is 17.2. The maximum atomic E-state index is 12.6. The second kappa shape index (κ2) is 11.1. The summed E-state index contributed by atoms with van der Waals surface area (Å²) in [6.07, 6.45) is 0.411. The first-order valence-corrected chi connectivity index (χ1v) is 9.00. The average Bonchev–Trinajstić information content (AvgIpc) is 2.63. The molecule has 0 aliphatic carbocycles. The van der Waals surface area contributed by atoms with Gasteiger partial charge in [0, 0.05) is 6.54 Å². The molecule has 0 fully saturated rings. The van der Waals surface area contributed by atoms with E-state index in [2.05, 4.69) is 5.32 Å². The number of rotatable bonds is 7. The number of nitrogens with two attached hydrogens (primary N) is 1. The number of nitrogens with zero attached hydrogens (tertiary/aromatic N) is 1. The maximum absolute atomic E-state index is 12.6. The fraction of sp³-hybridized carbons (Fsp3) is 0.263. The summed E-state index contributed by atoms with van der Waals surface area (Å²) in [6.45, 7) is 2.03. The molecule has 2 rings (SSSR count). The third-order valence-electron chi connectivity index (χ3n) is 3.87. The number of anilines is 1. The molecule has 0 saturated heterocycles. The van der Waals surface area contributed by atoms with E-state index in [0.29, 0.717) is 28.7 Å². The van der Waals surface area contributed by atoms with Gasteiger partial charge in [0.2, 0.25) is 11.8 Å². The molecule has 2 aromatic rings. The van der Waals surface area contributed by atoms with Crippen LogP contribution in [0.1, 0.15) is 12.5 Å². The second-order valence-corrected chi connectivity index (χ2v) is 6.61. The number of carbonyl (C=O) groups excluding carboxylic acids is 2. The van der Waals surface area contributed by atoms with Gasteiger partial charge in [-0.25, -0.2) is 0 Å². The molecule has 0 aliphatic rings. The second-order valence-electron chi connectivity index (χ2n) is 5.79. The molecule has 146 valence electrons. The molecule has 2 aromatic carbocycles. The Morgan fingerprint density at radius 3 is 2.22 bits per heavy atom. The zero-order chi connectivity index (χ0) is 19.1. The van der Waals surface area contributed by atoms with E-state index in [0.717, 1.165) is 5.56 Å². The Morgan fingerprint density at radius 2 is 1.67 bits per heavy atom. The first-order chi connectivity index (χ1) is 12.4. The van der Waals surface area contributed by atoms with Gasteiger partial charge < -0.3 is 16.0 Å². The Hall–Kier alpha value is -1.79. The largest absolute Gasteiger partial charge is 0.332 e. The van der Waals surface area contributed by atoms with Gasteiger partial charge >= 0.3 is 0 Å². The predicted octanol–water partition coefficient (Wildman–Crippen LogP) is 3.77. The van der Waals surface area contributed by atoms with Crippen molar-refractivity contribution in [1.29, 1.82) is 0 Å². The lowest BCUT2D eigenvalue weighted by atomic mass is 10.1. The molecule has 0 heterocycles. The summed E-state index contributed by atoms with van der Waals surface area (Å²) in [4.78, 5) is 26.3. The molecule has 0 unspecified atom stereocenters. The summed E-state index contributed by atoms with van der Waals surface area (Å²) in [7, 11) is 0. The number of hydrogen-bond acceptors (Lipinski definition) is 3. The van der Waals surface area contributed by atoms with Gasteiger partial charge in [-0.1, -0.05) is 59.6 Å². The first kappa shape index (κ1) is 23.2. The van der Waals surface area contributed by atoms with Gasteiger partial charge in [-0.2, -0.15) is 0 Å². The summed E-state index contributed by atoms with van der Waals surface area (Å²) in [5.74, 6) is -0.668. The minimum atomic E-state index is -0.714. The molecular weight excluding hydrogens is 409 g/mol. The van der Waals surface area contributed by atoms with Crippen LogP contribution in [0.3, 0.4) is 0 Å². The number of nitrogens with one attached hydrogen (secondary N) is 1. The topological polar surface area (TPSA) is 75.4 Å². The Kier molecular flexibility index (Phi) is 9.60. The summed E-state index contributed by atoms with van der Waals surface area (Å²) < 4.78 is 0. The highest BCUT2D eigenvalue weighted by atomic mass is 35.5. The van der Waals surface area contributed by atoms with Crippen molar-refractivity contribution in [2.45, 2.75) is 19.4 Å². The van der Waals surface area contributed by atoms with Crippen molar-refractivity contribution >= 4 is 53.1 Å². The van der Waals surface area contributed by atoms with E-state index in [9.17, 15) is 9.59 Å². The number of halogens is 3. The van der Waals surface area contributed by atoms with Crippen LogP contribution in [0, 0.1) is 0 Å². The summed E-state index contributed by atoms with van der Waals surface area (Å²) in [5, 5.41) is 3.32. The van der Waals surface area contributed by atoms with Crippen molar-refractivity contribution in [2.75, 3.05) is 18.4 Å². The molecule has 1 atom stereocenters. The van der Waals surface area contributed by atoms with Crippen LogP contribution in [0.2, 0.25) is 10.0 Å². The third kappa shape index (κ3) is 6.70. The van der Waals surface area contributed by atoms with Crippen molar-refractivity contribution in [3.8, 4) is 0 Å². The van der Waals surface area contributed by atoms with Crippen molar-refractivity contribution in [1.82, 2.24) is 4.90 Å².